The van der Waals surface area contributed by atoms with Crippen LogP contribution in [0.25, 0.3) is 0 Å². The number of rotatable bonds is 2. The van der Waals surface area contributed by atoms with Crippen LogP contribution in [-0.2, 0) is 12.8 Å². The molecule has 0 radical (unpaired) electrons. The second-order valence-corrected chi connectivity index (χ2v) is 11.1. The molecule has 0 unspecified atom stereocenters. The van der Waals surface area contributed by atoms with Crippen molar-refractivity contribution < 1.29 is 0 Å². The van der Waals surface area contributed by atoms with E-state index in [4.69, 9.17) is 0 Å². The molecule has 0 spiro atoms. The van der Waals surface area contributed by atoms with Crippen LogP contribution in [0.5, 0.6) is 0 Å². The molecule has 0 bridgehead atoms. The summed E-state index contributed by atoms with van der Waals surface area (Å²) in [5.41, 5.74) is 3.35. The molecule has 1 heterocycles. The highest BCUT2D eigenvalue weighted by molar-refractivity contribution is 6.89. The molecule has 1 aliphatic rings. The van der Waals surface area contributed by atoms with Crippen LogP contribution in [0.15, 0.2) is 6.20 Å². The molecule has 1 aromatic heterocycles. The lowest BCUT2D eigenvalue weighted by molar-refractivity contribution is 0.579. The summed E-state index contributed by atoms with van der Waals surface area (Å²) in [5.74, 6) is 0. The highest BCUT2D eigenvalue weighted by Crippen LogP contribution is 2.26. The van der Waals surface area contributed by atoms with Crippen LogP contribution in [0, 0.1) is 0 Å². The molecule has 0 saturated heterocycles. The SMILES string of the molecule is CC(C)n1cc([Si](C)(C)C)c2c1CCC2. The first kappa shape index (κ1) is 11.0. The Morgan fingerprint density at radius 1 is 1.20 bits per heavy atom. The largest absolute Gasteiger partial charge is 0.349 e. The van der Waals surface area contributed by atoms with Gasteiger partial charge in [0.25, 0.3) is 0 Å². The molecule has 1 nitrogen and oxygen atoms in total. The fraction of sp³-hybridized carbons (Fsp3) is 0.692. The Morgan fingerprint density at radius 3 is 2.40 bits per heavy atom. The zero-order valence-corrected chi connectivity index (χ0v) is 11.7. The lowest BCUT2D eigenvalue weighted by atomic mass is 10.3. The third-order valence-electron chi connectivity index (χ3n) is 3.46. The molecule has 1 aliphatic carbocycles. The predicted octanol–water partition coefficient (Wildman–Crippen LogP) is 3.10. The van der Waals surface area contributed by atoms with Gasteiger partial charge in [-0.3, -0.25) is 0 Å². The van der Waals surface area contributed by atoms with Gasteiger partial charge in [0.1, 0.15) is 0 Å². The molecule has 0 amide bonds. The standard InChI is InChI=1S/C13H23NSi/c1-10(2)14-9-13(15(3,4)5)11-7-6-8-12(11)14/h9-10H,6-8H2,1-5H3. The summed E-state index contributed by atoms with van der Waals surface area (Å²) in [6.45, 7) is 12.0. The van der Waals surface area contributed by atoms with Crippen LogP contribution in [0.3, 0.4) is 0 Å². The molecule has 2 heteroatoms. The summed E-state index contributed by atoms with van der Waals surface area (Å²) in [5, 5.41) is 1.71. The lowest BCUT2D eigenvalue weighted by Crippen LogP contribution is -2.38. The van der Waals surface area contributed by atoms with Crippen LogP contribution in [0.2, 0.25) is 19.6 Å². The minimum absolute atomic E-state index is 0.627. The summed E-state index contributed by atoms with van der Waals surface area (Å²) in [6.07, 6.45) is 6.46. The Kier molecular flexibility index (Phi) is 2.57. The summed E-state index contributed by atoms with van der Waals surface area (Å²) in [7, 11) is -1.14. The van der Waals surface area contributed by atoms with Crippen molar-refractivity contribution in [3.05, 3.63) is 17.5 Å². The van der Waals surface area contributed by atoms with E-state index in [-0.39, 0.29) is 0 Å². The smallest absolute Gasteiger partial charge is 0.0799 e. The number of hydrogen-bond donors (Lipinski definition) is 0. The second kappa shape index (κ2) is 3.51. The molecule has 15 heavy (non-hydrogen) atoms. The number of hydrogen-bond acceptors (Lipinski definition) is 0. The van der Waals surface area contributed by atoms with E-state index >= 15 is 0 Å². The molecule has 0 N–H and O–H groups in total. The van der Waals surface area contributed by atoms with E-state index in [9.17, 15) is 0 Å². The zero-order chi connectivity index (χ0) is 11.2. The summed E-state index contributed by atoms with van der Waals surface area (Å²) < 4.78 is 2.52. The topological polar surface area (TPSA) is 4.93 Å². The molecule has 0 fully saturated rings. The van der Waals surface area contributed by atoms with E-state index in [1.165, 1.54) is 19.3 Å². The van der Waals surface area contributed by atoms with Crippen molar-refractivity contribution in [3.8, 4) is 0 Å². The normalized spacial score (nSPS) is 16.1. The molecular weight excluding hydrogens is 198 g/mol. The van der Waals surface area contributed by atoms with Crippen LogP contribution in [0.1, 0.15) is 37.6 Å². The van der Waals surface area contributed by atoms with E-state index in [1.807, 2.05) is 0 Å². The van der Waals surface area contributed by atoms with Gasteiger partial charge in [0.2, 0.25) is 0 Å². The van der Waals surface area contributed by atoms with Gasteiger partial charge in [0.05, 0.1) is 8.07 Å². The van der Waals surface area contributed by atoms with E-state index in [1.54, 1.807) is 16.4 Å². The van der Waals surface area contributed by atoms with E-state index in [2.05, 4.69) is 44.3 Å². The van der Waals surface area contributed by atoms with Crippen molar-refractivity contribution >= 4 is 13.3 Å². The van der Waals surface area contributed by atoms with Crippen LogP contribution >= 0.6 is 0 Å². The maximum atomic E-state index is 2.52. The highest BCUT2D eigenvalue weighted by atomic mass is 28.3. The second-order valence-electron chi connectivity index (χ2n) is 6.07. The van der Waals surface area contributed by atoms with Gasteiger partial charge in [-0.1, -0.05) is 19.6 Å². The Hall–Kier alpha value is -0.503. The van der Waals surface area contributed by atoms with Gasteiger partial charge in [-0.15, -0.1) is 0 Å². The van der Waals surface area contributed by atoms with Gasteiger partial charge in [0.15, 0.2) is 0 Å². The molecule has 1 aromatic rings. The maximum Gasteiger partial charge on any atom is 0.0799 e. The van der Waals surface area contributed by atoms with Crippen molar-refractivity contribution in [2.45, 2.75) is 58.8 Å². The Balaban J connectivity index is 2.54. The van der Waals surface area contributed by atoms with E-state index in [0.29, 0.717) is 6.04 Å². The molecule has 0 aromatic carbocycles. The lowest BCUT2D eigenvalue weighted by Gasteiger charge is -2.16. The Bertz CT molecular complexity index is 369. The van der Waals surface area contributed by atoms with Crippen molar-refractivity contribution in [2.24, 2.45) is 0 Å². The monoisotopic (exact) mass is 221 g/mol. The van der Waals surface area contributed by atoms with Crippen molar-refractivity contribution in [3.63, 3.8) is 0 Å². The van der Waals surface area contributed by atoms with Crippen LogP contribution in [-0.4, -0.2) is 12.6 Å². The predicted molar refractivity (Wildman–Crippen MR) is 69.8 cm³/mol. The van der Waals surface area contributed by atoms with Crippen LogP contribution in [0.4, 0.5) is 0 Å². The fourth-order valence-electron chi connectivity index (χ4n) is 2.70. The zero-order valence-electron chi connectivity index (χ0n) is 10.7. The molecule has 2 rings (SSSR count). The minimum atomic E-state index is -1.14. The van der Waals surface area contributed by atoms with Gasteiger partial charge in [-0.25, -0.2) is 0 Å². The van der Waals surface area contributed by atoms with E-state index < -0.39 is 8.07 Å². The summed E-state index contributed by atoms with van der Waals surface area (Å²) in [4.78, 5) is 0. The molecular formula is C13H23NSi. The third kappa shape index (κ3) is 1.80. The van der Waals surface area contributed by atoms with Gasteiger partial charge < -0.3 is 4.57 Å². The Labute approximate surface area is 94.5 Å². The third-order valence-corrected chi connectivity index (χ3v) is 5.50. The Morgan fingerprint density at radius 2 is 1.87 bits per heavy atom. The average molecular weight is 221 g/mol. The van der Waals surface area contributed by atoms with Crippen LogP contribution < -0.4 is 5.19 Å². The molecule has 0 saturated carbocycles. The minimum Gasteiger partial charge on any atom is -0.349 e. The fourth-order valence-corrected chi connectivity index (χ4v) is 4.41. The highest BCUT2D eigenvalue weighted by Gasteiger charge is 2.28. The van der Waals surface area contributed by atoms with Crippen molar-refractivity contribution in [2.75, 3.05) is 0 Å². The molecule has 84 valence electrons. The van der Waals surface area contributed by atoms with Gasteiger partial charge >= 0.3 is 0 Å². The van der Waals surface area contributed by atoms with Crippen molar-refractivity contribution in [1.29, 1.82) is 0 Å². The first-order valence-corrected chi connectivity index (χ1v) is 9.64. The van der Waals surface area contributed by atoms with Gasteiger partial charge in [0, 0.05) is 17.9 Å². The van der Waals surface area contributed by atoms with Gasteiger partial charge in [-0.05, 0) is 43.9 Å². The van der Waals surface area contributed by atoms with E-state index in [0.717, 1.165) is 0 Å². The maximum absolute atomic E-state index is 2.52. The molecule has 0 aliphatic heterocycles. The van der Waals surface area contributed by atoms with Gasteiger partial charge in [-0.2, -0.15) is 0 Å². The van der Waals surface area contributed by atoms with Crippen molar-refractivity contribution in [1.82, 2.24) is 4.57 Å². The first-order valence-electron chi connectivity index (χ1n) is 6.14. The summed E-state index contributed by atoms with van der Waals surface area (Å²) >= 11 is 0. The first-order chi connectivity index (χ1) is 6.91. The number of aromatic nitrogens is 1. The number of nitrogens with zero attached hydrogens (tertiary/aromatic N) is 1. The number of fused-ring (bicyclic) bond motifs is 1. The average Bonchev–Trinajstić information content (AvgIpc) is 2.57. The molecule has 0 atom stereocenters. The summed E-state index contributed by atoms with van der Waals surface area (Å²) in [6, 6.07) is 0.627. The quantitative estimate of drug-likeness (QED) is 0.676.